The fourth-order valence-corrected chi connectivity index (χ4v) is 3.70. The van der Waals surface area contributed by atoms with Gasteiger partial charge in [0.15, 0.2) is 11.6 Å². The zero-order valence-electron chi connectivity index (χ0n) is 16.0. The normalized spacial score (nSPS) is 16.9. The van der Waals surface area contributed by atoms with Gasteiger partial charge in [0, 0.05) is 23.1 Å². The van der Waals surface area contributed by atoms with E-state index < -0.39 is 23.5 Å². The minimum Gasteiger partial charge on any atom is -0.463 e. The van der Waals surface area contributed by atoms with Crippen LogP contribution in [0, 0.1) is 11.6 Å². The van der Waals surface area contributed by atoms with Gasteiger partial charge in [-0.3, -0.25) is 4.79 Å². The van der Waals surface area contributed by atoms with E-state index in [4.69, 9.17) is 16.3 Å². The van der Waals surface area contributed by atoms with Crippen molar-refractivity contribution in [2.45, 2.75) is 32.7 Å². The van der Waals surface area contributed by atoms with Crippen molar-refractivity contribution in [3.05, 3.63) is 81.5 Å². The minimum absolute atomic E-state index is 0.0209. The molecule has 152 valence electrons. The Morgan fingerprint density at radius 3 is 2.62 bits per heavy atom. The maximum Gasteiger partial charge on any atom is 0.336 e. The zero-order chi connectivity index (χ0) is 21.1. The van der Waals surface area contributed by atoms with E-state index in [0.29, 0.717) is 21.9 Å². The Hall–Kier alpha value is -2.73. The Morgan fingerprint density at radius 1 is 1.21 bits per heavy atom. The second-order valence-electron chi connectivity index (χ2n) is 6.76. The second-order valence-corrected chi connectivity index (χ2v) is 7.20. The lowest BCUT2D eigenvalue weighted by atomic mass is 9.83. The number of ether oxygens (including phenoxy) is 1. The first-order valence-corrected chi connectivity index (χ1v) is 9.57. The molecule has 0 aliphatic carbocycles. The molecule has 1 heterocycles. The molecule has 1 aliphatic heterocycles. The Kier molecular flexibility index (Phi) is 6.33. The van der Waals surface area contributed by atoms with Crippen LogP contribution in [-0.4, -0.2) is 23.4 Å². The summed E-state index contributed by atoms with van der Waals surface area (Å²) in [6, 6.07) is 10.5. The highest BCUT2D eigenvalue weighted by Crippen LogP contribution is 2.38. The van der Waals surface area contributed by atoms with Crippen LogP contribution in [0.25, 0.3) is 0 Å². The van der Waals surface area contributed by atoms with Gasteiger partial charge < -0.3 is 9.64 Å². The highest BCUT2D eigenvalue weighted by molar-refractivity contribution is 6.30. The first-order chi connectivity index (χ1) is 13.8. The van der Waals surface area contributed by atoms with Gasteiger partial charge in [-0.25, -0.2) is 13.6 Å². The van der Waals surface area contributed by atoms with Crippen molar-refractivity contribution in [2.24, 2.45) is 0 Å². The van der Waals surface area contributed by atoms with Crippen LogP contribution in [0.5, 0.6) is 0 Å². The maximum absolute atomic E-state index is 13.6. The summed E-state index contributed by atoms with van der Waals surface area (Å²) in [5.74, 6) is -3.19. The SMILES string of the molecule is CCOC(=O)C1=C(C)N(Cc2ccc(F)c(F)c2)C(=O)CC1c1cccc(Cl)c1. The number of hydrogen-bond donors (Lipinski definition) is 0. The molecule has 1 unspecified atom stereocenters. The number of esters is 1. The van der Waals surface area contributed by atoms with E-state index in [2.05, 4.69) is 0 Å². The molecule has 2 aromatic carbocycles. The van der Waals surface area contributed by atoms with Gasteiger partial charge in [-0.15, -0.1) is 0 Å². The Bertz CT molecular complexity index is 990. The van der Waals surface area contributed by atoms with Crippen LogP contribution in [0.3, 0.4) is 0 Å². The van der Waals surface area contributed by atoms with E-state index in [1.807, 2.05) is 0 Å². The van der Waals surface area contributed by atoms with Crippen molar-refractivity contribution in [3.63, 3.8) is 0 Å². The molecule has 7 heteroatoms. The van der Waals surface area contributed by atoms with E-state index in [1.165, 1.54) is 11.0 Å². The van der Waals surface area contributed by atoms with Crippen molar-refractivity contribution >= 4 is 23.5 Å². The van der Waals surface area contributed by atoms with E-state index in [0.717, 1.165) is 17.7 Å². The Morgan fingerprint density at radius 2 is 1.97 bits per heavy atom. The Balaban J connectivity index is 2.03. The number of nitrogens with zero attached hydrogens (tertiary/aromatic N) is 1. The van der Waals surface area contributed by atoms with Crippen LogP contribution in [0.15, 0.2) is 53.7 Å². The summed E-state index contributed by atoms with van der Waals surface area (Å²) in [6.07, 6.45) is 0.0372. The average molecular weight is 420 g/mol. The monoisotopic (exact) mass is 419 g/mol. The van der Waals surface area contributed by atoms with Gasteiger partial charge in [0.05, 0.1) is 18.7 Å². The summed E-state index contributed by atoms with van der Waals surface area (Å²) in [6.45, 7) is 3.57. The van der Waals surface area contributed by atoms with Crippen molar-refractivity contribution in [3.8, 4) is 0 Å². The van der Waals surface area contributed by atoms with Crippen molar-refractivity contribution in [2.75, 3.05) is 6.61 Å². The summed E-state index contributed by atoms with van der Waals surface area (Å²) in [5.41, 5.74) is 1.94. The molecule has 0 aromatic heterocycles. The van der Waals surface area contributed by atoms with Crippen LogP contribution in [0.2, 0.25) is 5.02 Å². The molecular weight excluding hydrogens is 400 g/mol. The zero-order valence-corrected chi connectivity index (χ0v) is 16.8. The first kappa shape index (κ1) is 21.0. The average Bonchev–Trinajstić information content (AvgIpc) is 2.67. The molecule has 0 N–H and O–H groups in total. The molecule has 0 fully saturated rings. The molecule has 29 heavy (non-hydrogen) atoms. The molecule has 0 saturated carbocycles. The quantitative estimate of drug-likeness (QED) is 0.643. The van der Waals surface area contributed by atoms with E-state index in [-0.39, 0.29) is 25.5 Å². The lowest BCUT2D eigenvalue weighted by Crippen LogP contribution is -2.38. The third-order valence-corrected chi connectivity index (χ3v) is 5.13. The third kappa shape index (κ3) is 4.48. The van der Waals surface area contributed by atoms with Gasteiger partial charge in [-0.1, -0.05) is 29.8 Å². The molecule has 1 amide bonds. The van der Waals surface area contributed by atoms with Gasteiger partial charge in [0.25, 0.3) is 0 Å². The molecule has 1 aliphatic rings. The van der Waals surface area contributed by atoms with Crippen LogP contribution < -0.4 is 0 Å². The number of carbonyl (C=O) groups is 2. The number of benzene rings is 2. The molecule has 1 atom stereocenters. The number of halogens is 3. The number of hydrogen-bond acceptors (Lipinski definition) is 3. The molecular formula is C22H20ClF2NO3. The first-order valence-electron chi connectivity index (χ1n) is 9.19. The molecule has 2 aromatic rings. The summed E-state index contributed by atoms with van der Waals surface area (Å²) in [7, 11) is 0. The summed E-state index contributed by atoms with van der Waals surface area (Å²) in [4.78, 5) is 27.0. The number of rotatable bonds is 5. The highest BCUT2D eigenvalue weighted by Gasteiger charge is 2.37. The van der Waals surface area contributed by atoms with Crippen molar-refractivity contribution in [1.82, 2.24) is 4.90 Å². The molecule has 0 saturated heterocycles. The molecule has 0 radical (unpaired) electrons. The van der Waals surface area contributed by atoms with E-state index >= 15 is 0 Å². The predicted molar refractivity (Wildman–Crippen MR) is 105 cm³/mol. The number of amides is 1. The van der Waals surface area contributed by atoms with E-state index in [1.54, 1.807) is 38.1 Å². The van der Waals surface area contributed by atoms with Gasteiger partial charge >= 0.3 is 5.97 Å². The fourth-order valence-electron chi connectivity index (χ4n) is 3.51. The van der Waals surface area contributed by atoms with Crippen LogP contribution >= 0.6 is 11.6 Å². The summed E-state index contributed by atoms with van der Waals surface area (Å²) < 4.78 is 32.0. The second kappa shape index (κ2) is 8.74. The third-order valence-electron chi connectivity index (χ3n) is 4.89. The molecule has 0 bridgehead atoms. The molecule has 4 nitrogen and oxygen atoms in total. The molecule has 0 spiro atoms. The smallest absolute Gasteiger partial charge is 0.336 e. The Labute approximate surface area is 172 Å². The van der Waals surface area contributed by atoms with Crippen LogP contribution in [0.1, 0.15) is 37.3 Å². The van der Waals surface area contributed by atoms with E-state index in [9.17, 15) is 18.4 Å². The lowest BCUT2D eigenvalue weighted by Gasteiger charge is -2.34. The van der Waals surface area contributed by atoms with Crippen LogP contribution in [-0.2, 0) is 20.9 Å². The standard InChI is InChI=1S/C22H20ClF2NO3/c1-3-29-22(28)21-13(2)26(12-14-7-8-18(24)19(25)9-14)20(27)11-17(21)15-5-4-6-16(23)10-15/h4-10,17H,3,11-12H2,1-2H3. The summed E-state index contributed by atoms with van der Waals surface area (Å²) >= 11 is 6.10. The number of allylic oxidation sites excluding steroid dienone is 1. The minimum atomic E-state index is -0.990. The van der Waals surface area contributed by atoms with Gasteiger partial charge in [0.1, 0.15) is 0 Å². The summed E-state index contributed by atoms with van der Waals surface area (Å²) in [5, 5.41) is 0.500. The molecule has 3 rings (SSSR count). The maximum atomic E-state index is 13.6. The van der Waals surface area contributed by atoms with Gasteiger partial charge in [-0.2, -0.15) is 0 Å². The fraction of sp³-hybridized carbons (Fsp3) is 0.273. The highest BCUT2D eigenvalue weighted by atomic mass is 35.5. The van der Waals surface area contributed by atoms with Gasteiger partial charge in [0.2, 0.25) is 5.91 Å². The largest absolute Gasteiger partial charge is 0.463 e. The van der Waals surface area contributed by atoms with Crippen molar-refractivity contribution < 1.29 is 23.1 Å². The lowest BCUT2D eigenvalue weighted by molar-refractivity contribution is -0.140. The predicted octanol–water partition coefficient (Wildman–Crippen LogP) is 4.97. The number of carbonyl (C=O) groups excluding carboxylic acids is 2. The van der Waals surface area contributed by atoms with Gasteiger partial charge in [-0.05, 0) is 49.2 Å². The topological polar surface area (TPSA) is 46.6 Å². The van der Waals surface area contributed by atoms with Crippen LogP contribution in [0.4, 0.5) is 8.78 Å². The van der Waals surface area contributed by atoms with Crippen molar-refractivity contribution in [1.29, 1.82) is 0 Å².